The number of piperazine rings is 1. The third kappa shape index (κ3) is 8.49. The quantitative estimate of drug-likeness (QED) is 0.189. The van der Waals surface area contributed by atoms with Gasteiger partial charge in [-0.2, -0.15) is 22.7 Å². The van der Waals surface area contributed by atoms with Crippen LogP contribution in [0.3, 0.4) is 0 Å². The number of carbonyl (C=O) groups excluding carboxylic acids is 2. The molecule has 3 aromatic heterocycles. The predicted octanol–water partition coefficient (Wildman–Crippen LogP) is 5.60. The van der Waals surface area contributed by atoms with Gasteiger partial charge in [-0.05, 0) is 49.9 Å². The van der Waals surface area contributed by atoms with E-state index in [-0.39, 0.29) is 85.5 Å². The van der Waals surface area contributed by atoms with Gasteiger partial charge in [-0.1, -0.05) is 54.9 Å². The van der Waals surface area contributed by atoms with Gasteiger partial charge in [0.2, 0.25) is 11.7 Å². The lowest BCUT2D eigenvalue weighted by molar-refractivity contribution is -0.137. The molecule has 1 N–H and O–H groups in total. The van der Waals surface area contributed by atoms with Crippen LogP contribution in [0, 0.1) is 6.92 Å². The molecule has 0 unspecified atom stereocenters. The Hall–Kier alpha value is -5.81. The number of aryl methyl sites for hydroxylation is 1. The normalized spacial score (nSPS) is 15.0. The zero-order chi connectivity index (χ0) is 40.3. The molecule has 2 aliphatic heterocycles. The Morgan fingerprint density at radius 2 is 1.82 bits per heavy atom. The minimum atomic E-state index is -4.61. The molecule has 0 saturated carbocycles. The standard InChI is InChI=1S/C39H39ClF3N9O5/c1-3-30-33(49-14-16-50(17-15-49)36(54)32-34(24(2)44-23-45-32)57-21-25-9-5-4-6-10-25)37(55)52-38(47-35(48-52)26-11-7-8-18-56-22-26)51(30)20-31(53)46-29-13-12-27(19-28(29)40)39(41,42)43/h4-6,9-13,19,23H,3,7-8,14-18,20-22H2,1-2H3,(H,46,53). The van der Waals surface area contributed by atoms with E-state index < -0.39 is 23.2 Å². The van der Waals surface area contributed by atoms with E-state index in [1.165, 1.54) is 6.33 Å². The minimum absolute atomic E-state index is 0.0128. The molecular weight excluding hydrogens is 767 g/mol. The van der Waals surface area contributed by atoms with Gasteiger partial charge in [0.05, 0.1) is 34.3 Å². The van der Waals surface area contributed by atoms with E-state index in [9.17, 15) is 27.6 Å². The number of nitrogens with one attached hydrogen (secondary N) is 1. The number of hydrogen-bond acceptors (Lipinski definition) is 10. The molecule has 5 heterocycles. The fraction of sp³-hybridized carbons (Fsp3) is 0.359. The number of hydrogen-bond donors (Lipinski definition) is 1. The van der Waals surface area contributed by atoms with Crippen molar-refractivity contribution in [3.8, 4) is 5.75 Å². The van der Waals surface area contributed by atoms with Gasteiger partial charge in [0.1, 0.15) is 25.2 Å². The van der Waals surface area contributed by atoms with E-state index in [4.69, 9.17) is 26.1 Å². The number of ether oxygens (including phenoxy) is 2. The average molecular weight is 806 g/mol. The summed E-state index contributed by atoms with van der Waals surface area (Å²) in [6.07, 6.45) is 0.514. The smallest absolute Gasteiger partial charge is 0.416 e. The van der Waals surface area contributed by atoms with Gasteiger partial charge >= 0.3 is 6.18 Å². The van der Waals surface area contributed by atoms with E-state index in [2.05, 4.69) is 20.4 Å². The Kier molecular flexibility index (Phi) is 11.6. The molecule has 5 aromatic rings. The monoisotopic (exact) mass is 805 g/mol. The maximum Gasteiger partial charge on any atom is 0.416 e. The number of alkyl halides is 3. The molecule has 14 nitrogen and oxygen atoms in total. The first kappa shape index (κ1) is 39.4. The average Bonchev–Trinajstić information content (AvgIpc) is 3.47. The molecule has 0 atom stereocenters. The van der Waals surface area contributed by atoms with Crippen LogP contribution in [0.2, 0.25) is 5.02 Å². The number of rotatable bonds is 10. The molecular formula is C39H39ClF3N9O5. The Morgan fingerprint density at radius 3 is 2.54 bits per heavy atom. The highest BCUT2D eigenvalue weighted by Gasteiger charge is 2.33. The summed E-state index contributed by atoms with van der Waals surface area (Å²) < 4.78 is 54.4. The Labute approximate surface area is 329 Å². The van der Waals surface area contributed by atoms with Crippen molar-refractivity contribution in [1.29, 1.82) is 0 Å². The second-order valence-electron chi connectivity index (χ2n) is 13.5. The first-order valence-corrected chi connectivity index (χ1v) is 18.8. The van der Waals surface area contributed by atoms with E-state index in [1.807, 2.05) is 48.2 Å². The molecule has 1 saturated heterocycles. The highest BCUT2D eigenvalue weighted by Crippen LogP contribution is 2.34. The number of benzene rings is 2. The van der Waals surface area contributed by atoms with Crippen molar-refractivity contribution < 1.29 is 32.2 Å². The number of allylic oxidation sites excluding steroid dienone is 1. The van der Waals surface area contributed by atoms with Gasteiger partial charge in [0, 0.05) is 38.4 Å². The van der Waals surface area contributed by atoms with Crippen molar-refractivity contribution >= 4 is 46.1 Å². The predicted molar refractivity (Wildman–Crippen MR) is 205 cm³/mol. The Balaban J connectivity index is 1.18. The van der Waals surface area contributed by atoms with Crippen LogP contribution in [0.25, 0.3) is 11.4 Å². The maximum atomic E-state index is 14.4. The van der Waals surface area contributed by atoms with Gasteiger partial charge in [-0.3, -0.25) is 14.4 Å². The van der Waals surface area contributed by atoms with Crippen molar-refractivity contribution in [2.75, 3.05) is 49.6 Å². The van der Waals surface area contributed by atoms with Gasteiger partial charge in [0.15, 0.2) is 17.3 Å². The lowest BCUT2D eigenvalue weighted by Crippen LogP contribution is -2.51. The van der Waals surface area contributed by atoms with Crippen molar-refractivity contribution in [3.63, 3.8) is 0 Å². The lowest BCUT2D eigenvalue weighted by Gasteiger charge is -2.36. The van der Waals surface area contributed by atoms with Crippen molar-refractivity contribution in [2.24, 2.45) is 0 Å². The molecule has 0 bridgehead atoms. The van der Waals surface area contributed by atoms with E-state index in [1.54, 1.807) is 16.4 Å². The highest BCUT2D eigenvalue weighted by molar-refractivity contribution is 6.33. The Morgan fingerprint density at radius 1 is 1.05 bits per heavy atom. The third-order valence-electron chi connectivity index (χ3n) is 9.75. The summed E-state index contributed by atoms with van der Waals surface area (Å²) in [5, 5.41) is 6.91. The molecule has 0 radical (unpaired) electrons. The second-order valence-corrected chi connectivity index (χ2v) is 13.9. The SMILES string of the molecule is CCc1c(N2CCN(C(=O)c3ncnc(C)c3OCc3ccccc3)CC2)c(=O)n2nc(C3=CCCCOC3)nc2n1CC(=O)Nc1ccc(C(F)(F)F)cc1Cl. The molecule has 2 aliphatic rings. The van der Waals surface area contributed by atoms with Crippen LogP contribution in [0.1, 0.15) is 58.6 Å². The van der Waals surface area contributed by atoms with Gasteiger partial charge in [-0.25, -0.2) is 9.97 Å². The summed E-state index contributed by atoms with van der Waals surface area (Å²) in [5.74, 6) is -0.294. The van der Waals surface area contributed by atoms with Crippen LogP contribution >= 0.6 is 11.6 Å². The zero-order valence-electron chi connectivity index (χ0n) is 31.2. The number of carbonyl (C=O) groups is 2. The van der Waals surface area contributed by atoms with Crippen LogP contribution in [-0.4, -0.2) is 85.2 Å². The summed E-state index contributed by atoms with van der Waals surface area (Å²) in [5.41, 5.74) is 1.61. The third-order valence-corrected chi connectivity index (χ3v) is 10.1. The fourth-order valence-corrected chi connectivity index (χ4v) is 7.08. The Bertz CT molecular complexity index is 2390. The molecule has 1 fully saturated rings. The fourth-order valence-electron chi connectivity index (χ4n) is 6.85. The molecule has 0 spiro atoms. The van der Waals surface area contributed by atoms with Gasteiger partial charge < -0.3 is 29.2 Å². The number of amides is 2. The first-order valence-electron chi connectivity index (χ1n) is 18.4. The van der Waals surface area contributed by atoms with Crippen LogP contribution in [0.5, 0.6) is 5.75 Å². The van der Waals surface area contributed by atoms with E-state index >= 15 is 0 Å². The second kappa shape index (κ2) is 16.7. The molecule has 18 heteroatoms. The van der Waals surface area contributed by atoms with Crippen molar-refractivity contribution in [1.82, 2.24) is 34.0 Å². The van der Waals surface area contributed by atoms with Gasteiger partial charge in [0.25, 0.3) is 11.5 Å². The first-order chi connectivity index (χ1) is 27.4. The number of halogens is 4. The van der Waals surface area contributed by atoms with E-state index in [0.717, 1.165) is 41.1 Å². The maximum absolute atomic E-state index is 14.4. The zero-order valence-corrected chi connectivity index (χ0v) is 31.9. The molecule has 7 rings (SSSR count). The summed E-state index contributed by atoms with van der Waals surface area (Å²) in [6.45, 7) is 5.23. The summed E-state index contributed by atoms with van der Waals surface area (Å²) >= 11 is 6.16. The molecule has 2 amide bonds. The summed E-state index contributed by atoms with van der Waals surface area (Å²) in [6, 6.07) is 12.2. The van der Waals surface area contributed by atoms with Crippen LogP contribution in [-0.2, 0) is 35.3 Å². The van der Waals surface area contributed by atoms with Crippen LogP contribution < -0.4 is 20.5 Å². The van der Waals surface area contributed by atoms with Crippen molar-refractivity contribution in [2.45, 2.75) is 52.4 Å². The van der Waals surface area contributed by atoms with Crippen molar-refractivity contribution in [3.05, 3.63) is 110 Å². The minimum Gasteiger partial charge on any atom is -0.485 e. The lowest BCUT2D eigenvalue weighted by atomic mass is 10.2. The number of nitrogens with zero attached hydrogens (tertiary/aromatic N) is 8. The topological polar surface area (TPSA) is 149 Å². The molecule has 57 heavy (non-hydrogen) atoms. The van der Waals surface area contributed by atoms with Crippen LogP contribution in [0.4, 0.5) is 24.5 Å². The number of anilines is 2. The number of aromatic nitrogens is 6. The summed E-state index contributed by atoms with van der Waals surface area (Å²) in [4.78, 5) is 58.7. The molecule has 298 valence electrons. The number of fused-ring (bicyclic) bond motifs is 1. The highest BCUT2D eigenvalue weighted by atomic mass is 35.5. The summed E-state index contributed by atoms with van der Waals surface area (Å²) in [7, 11) is 0. The molecule has 2 aromatic carbocycles. The van der Waals surface area contributed by atoms with Gasteiger partial charge in [-0.15, -0.1) is 5.10 Å². The van der Waals surface area contributed by atoms with Crippen LogP contribution in [0.15, 0.2) is 65.7 Å². The molecule has 0 aliphatic carbocycles. The largest absolute Gasteiger partial charge is 0.485 e. The van der Waals surface area contributed by atoms with E-state index in [0.29, 0.717) is 35.7 Å².